The van der Waals surface area contributed by atoms with Gasteiger partial charge in [0, 0.05) is 0 Å². The van der Waals surface area contributed by atoms with Gasteiger partial charge in [0.2, 0.25) is 0 Å². The van der Waals surface area contributed by atoms with Crippen LogP contribution in [0.2, 0.25) is 5.02 Å². The van der Waals surface area contributed by atoms with Gasteiger partial charge in [-0.2, -0.15) is 0 Å². The molecule has 0 aliphatic carbocycles. The predicted octanol–water partition coefficient (Wildman–Crippen LogP) is 4.74. The topological polar surface area (TPSA) is 12.0 Å². The number of benzene rings is 2. The maximum Gasteiger partial charge on any atom is 0.141 e. The van der Waals surface area contributed by atoms with Gasteiger partial charge in [0.1, 0.15) is 5.82 Å². The van der Waals surface area contributed by atoms with Gasteiger partial charge < -0.3 is 5.32 Å². The largest absolute Gasteiger partial charge is 0.307 e. The Morgan fingerprint density at radius 1 is 1.05 bits per heavy atom. The van der Waals surface area contributed by atoms with Crippen LogP contribution in [0, 0.1) is 5.82 Å². The van der Waals surface area contributed by atoms with Crippen molar-refractivity contribution in [3.63, 3.8) is 0 Å². The standard InChI is InChI=1S/C17H19ClFN/c1-3-12-5-7-13(8-6-12)17(20-4-2)14-9-10-16(19)15(18)11-14/h5-11,17,20H,3-4H2,1-2H3. The minimum Gasteiger partial charge on any atom is -0.307 e. The van der Waals surface area contributed by atoms with Crippen molar-refractivity contribution >= 4 is 11.6 Å². The van der Waals surface area contributed by atoms with Crippen molar-refractivity contribution in [2.75, 3.05) is 6.54 Å². The molecule has 2 rings (SSSR count). The molecule has 2 aromatic carbocycles. The van der Waals surface area contributed by atoms with E-state index in [4.69, 9.17) is 11.6 Å². The molecule has 20 heavy (non-hydrogen) atoms. The Bertz CT molecular complexity index is 566. The molecule has 0 fully saturated rings. The van der Waals surface area contributed by atoms with Gasteiger partial charge in [-0.3, -0.25) is 0 Å². The summed E-state index contributed by atoms with van der Waals surface area (Å²) >= 11 is 5.89. The third kappa shape index (κ3) is 3.38. The highest BCUT2D eigenvalue weighted by atomic mass is 35.5. The van der Waals surface area contributed by atoms with Gasteiger partial charge >= 0.3 is 0 Å². The molecular formula is C17H19ClFN. The second-order valence-corrected chi connectivity index (χ2v) is 5.17. The van der Waals surface area contributed by atoms with E-state index in [1.54, 1.807) is 12.1 Å². The average molecular weight is 292 g/mol. The first-order valence-corrected chi connectivity index (χ1v) is 7.30. The molecule has 0 spiro atoms. The van der Waals surface area contributed by atoms with Gasteiger partial charge in [-0.1, -0.05) is 55.8 Å². The number of hydrogen-bond acceptors (Lipinski definition) is 1. The van der Waals surface area contributed by atoms with Crippen molar-refractivity contribution in [3.05, 3.63) is 70.0 Å². The molecule has 1 unspecified atom stereocenters. The van der Waals surface area contributed by atoms with Crippen LogP contribution in [0.3, 0.4) is 0 Å². The van der Waals surface area contributed by atoms with Crippen molar-refractivity contribution in [3.8, 4) is 0 Å². The maximum absolute atomic E-state index is 13.3. The molecule has 0 amide bonds. The van der Waals surface area contributed by atoms with Gasteiger partial charge in [-0.05, 0) is 41.8 Å². The molecule has 0 saturated carbocycles. The molecule has 3 heteroatoms. The smallest absolute Gasteiger partial charge is 0.141 e. The summed E-state index contributed by atoms with van der Waals surface area (Å²) in [6.45, 7) is 5.02. The summed E-state index contributed by atoms with van der Waals surface area (Å²) in [4.78, 5) is 0. The zero-order valence-electron chi connectivity index (χ0n) is 11.8. The lowest BCUT2D eigenvalue weighted by molar-refractivity contribution is 0.614. The Balaban J connectivity index is 2.35. The number of aryl methyl sites for hydroxylation is 1. The molecule has 0 saturated heterocycles. The monoisotopic (exact) mass is 291 g/mol. The highest BCUT2D eigenvalue weighted by molar-refractivity contribution is 6.30. The molecule has 0 aliphatic rings. The fraction of sp³-hybridized carbons (Fsp3) is 0.294. The fourth-order valence-corrected chi connectivity index (χ4v) is 2.46. The first-order chi connectivity index (χ1) is 9.65. The SMILES string of the molecule is CCNC(c1ccc(CC)cc1)c1ccc(F)c(Cl)c1. The molecule has 0 bridgehead atoms. The summed E-state index contributed by atoms with van der Waals surface area (Å²) in [7, 11) is 0. The van der Waals surface area contributed by atoms with Gasteiger partial charge in [-0.25, -0.2) is 4.39 Å². The van der Waals surface area contributed by atoms with Crippen LogP contribution in [-0.2, 0) is 6.42 Å². The lowest BCUT2D eigenvalue weighted by Gasteiger charge is -2.19. The van der Waals surface area contributed by atoms with Crippen molar-refractivity contribution in [2.45, 2.75) is 26.3 Å². The zero-order valence-corrected chi connectivity index (χ0v) is 12.5. The maximum atomic E-state index is 13.3. The molecule has 0 aromatic heterocycles. The van der Waals surface area contributed by atoms with Crippen LogP contribution in [0.1, 0.15) is 36.6 Å². The number of rotatable bonds is 5. The van der Waals surface area contributed by atoms with Crippen molar-refractivity contribution in [1.29, 1.82) is 0 Å². The van der Waals surface area contributed by atoms with Crippen LogP contribution >= 0.6 is 11.6 Å². The lowest BCUT2D eigenvalue weighted by atomic mass is 9.97. The molecule has 106 valence electrons. The Kier molecular flexibility index (Phi) is 5.16. The number of halogens is 2. The highest BCUT2D eigenvalue weighted by Crippen LogP contribution is 2.26. The van der Waals surface area contributed by atoms with E-state index in [0.29, 0.717) is 0 Å². The second-order valence-electron chi connectivity index (χ2n) is 4.76. The fourth-order valence-electron chi connectivity index (χ4n) is 2.27. The molecule has 0 radical (unpaired) electrons. The van der Waals surface area contributed by atoms with Crippen LogP contribution in [0.4, 0.5) is 4.39 Å². The second kappa shape index (κ2) is 6.87. The summed E-state index contributed by atoms with van der Waals surface area (Å²) < 4.78 is 13.3. The normalized spacial score (nSPS) is 12.4. The molecule has 0 heterocycles. The molecule has 1 N–H and O–H groups in total. The summed E-state index contributed by atoms with van der Waals surface area (Å²) in [6, 6.07) is 13.4. The summed E-state index contributed by atoms with van der Waals surface area (Å²) in [6.07, 6.45) is 1.02. The quantitative estimate of drug-likeness (QED) is 0.839. The van der Waals surface area contributed by atoms with Gasteiger partial charge in [0.15, 0.2) is 0 Å². The van der Waals surface area contributed by atoms with E-state index in [0.717, 1.165) is 24.1 Å². The van der Waals surface area contributed by atoms with Crippen LogP contribution in [0.25, 0.3) is 0 Å². The van der Waals surface area contributed by atoms with Crippen molar-refractivity contribution in [2.24, 2.45) is 0 Å². The zero-order chi connectivity index (χ0) is 14.5. The van der Waals surface area contributed by atoms with E-state index in [-0.39, 0.29) is 16.9 Å². The molecular weight excluding hydrogens is 273 g/mol. The third-order valence-electron chi connectivity index (χ3n) is 3.41. The van der Waals surface area contributed by atoms with Crippen molar-refractivity contribution < 1.29 is 4.39 Å². The van der Waals surface area contributed by atoms with E-state index in [9.17, 15) is 4.39 Å². The van der Waals surface area contributed by atoms with Gasteiger partial charge in [-0.15, -0.1) is 0 Å². The lowest BCUT2D eigenvalue weighted by Crippen LogP contribution is -2.22. The number of nitrogens with one attached hydrogen (secondary N) is 1. The Morgan fingerprint density at radius 3 is 2.25 bits per heavy atom. The first-order valence-electron chi connectivity index (χ1n) is 6.92. The van der Waals surface area contributed by atoms with E-state index in [2.05, 4.69) is 43.4 Å². The molecule has 0 aliphatic heterocycles. The van der Waals surface area contributed by atoms with Gasteiger partial charge in [0.25, 0.3) is 0 Å². The van der Waals surface area contributed by atoms with Crippen LogP contribution in [0.5, 0.6) is 0 Å². The molecule has 1 nitrogen and oxygen atoms in total. The average Bonchev–Trinajstić information content (AvgIpc) is 2.48. The van der Waals surface area contributed by atoms with Gasteiger partial charge in [0.05, 0.1) is 11.1 Å². The first kappa shape index (κ1) is 15.0. The Morgan fingerprint density at radius 2 is 1.70 bits per heavy atom. The minimum absolute atomic E-state index is 0.0315. The molecule has 2 aromatic rings. The highest BCUT2D eigenvalue weighted by Gasteiger charge is 2.14. The summed E-state index contributed by atoms with van der Waals surface area (Å²) in [5, 5.41) is 3.58. The van der Waals surface area contributed by atoms with Crippen LogP contribution < -0.4 is 5.32 Å². The third-order valence-corrected chi connectivity index (χ3v) is 3.70. The predicted molar refractivity (Wildman–Crippen MR) is 82.7 cm³/mol. The number of hydrogen-bond donors (Lipinski definition) is 1. The Labute approximate surface area is 124 Å². The van der Waals surface area contributed by atoms with E-state index in [1.165, 1.54) is 11.6 Å². The Hall–Kier alpha value is -1.38. The van der Waals surface area contributed by atoms with Crippen molar-refractivity contribution in [1.82, 2.24) is 5.32 Å². The summed E-state index contributed by atoms with van der Waals surface area (Å²) in [5.74, 6) is -0.382. The van der Waals surface area contributed by atoms with Crippen LogP contribution in [-0.4, -0.2) is 6.54 Å². The molecule has 1 atom stereocenters. The van der Waals surface area contributed by atoms with Crippen LogP contribution in [0.15, 0.2) is 42.5 Å². The van der Waals surface area contributed by atoms with E-state index < -0.39 is 0 Å². The summed E-state index contributed by atoms with van der Waals surface area (Å²) in [5.41, 5.74) is 3.44. The van der Waals surface area contributed by atoms with E-state index >= 15 is 0 Å². The minimum atomic E-state index is -0.382. The van der Waals surface area contributed by atoms with E-state index in [1.807, 2.05) is 0 Å².